The normalized spacial score (nSPS) is 11.9. The number of ether oxygens (including phenoxy) is 4. The van der Waals surface area contributed by atoms with Crippen molar-refractivity contribution in [1.82, 2.24) is 42.2 Å². The maximum atomic E-state index is 14.4. The van der Waals surface area contributed by atoms with Crippen molar-refractivity contribution in [2.45, 2.75) is 76.0 Å². The van der Waals surface area contributed by atoms with E-state index in [0.29, 0.717) is 5.56 Å². The highest BCUT2D eigenvalue weighted by Gasteiger charge is 2.30. The van der Waals surface area contributed by atoms with E-state index >= 15 is 0 Å². The number of carboxylic acids is 1. The zero-order valence-electron chi connectivity index (χ0n) is 52.7. The molecule has 1 heterocycles. The Balaban J connectivity index is 1.21. The molecule has 22 N–H and O–H groups in total. The number of aliphatic carboxylic acids is 1. The number of H-pyrrole nitrogens is 1. The molecule has 4 atom stereocenters. The number of hydrogen-bond donors (Lipinski definition) is 19. The molecule has 0 aliphatic rings. The van der Waals surface area contributed by atoms with E-state index in [2.05, 4.69) is 63.5 Å². The lowest BCUT2D eigenvalue weighted by atomic mass is 10.0. The van der Waals surface area contributed by atoms with E-state index in [4.69, 9.17) is 52.4 Å². The first-order valence-corrected chi connectivity index (χ1v) is 29.6. The van der Waals surface area contributed by atoms with Crippen molar-refractivity contribution in [2.24, 2.45) is 17.2 Å². The summed E-state index contributed by atoms with van der Waals surface area (Å²) >= 11 is 0. The van der Waals surface area contributed by atoms with Crippen molar-refractivity contribution in [1.29, 1.82) is 16.2 Å². The van der Waals surface area contributed by atoms with Crippen molar-refractivity contribution in [3.8, 4) is 23.0 Å². The Hall–Kier alpha value is -12.1. The Morgan fingerprint density at radius 1 is 0.463 bits per heavy atom. The maximum Gasteiger partial charge on any atom is 0.326 e. The summed E-state index contributed by atoms with van der Waals surface area (Å²) in [6.07, 6.45) is 2.13. The van der Waals surface area contributed by atoms with Crippen LogP contribution in [-0.2, 0) is 30.4 Å². The lowest BCUT2D eigenvalue weighted by Crippen LogP contribution is -2.45. The number of aromatic nitrogens is 1. The van der Waals surface area contributed by atoms with Crippen molar-refractivity contribution >= 4 is 105 Å². The summed E-state index contributed by atoms with van der Waals surface area (Å²) in [4.78, 5) is 127. The van der Waals surface area contributed by atoms with E-state index in [1.54, 1.807) is 12.3 Å². The van der Waals surface area contributed by atoms with E-state index in [9.17, 15) is 48.3 Å². The van der Waals surface area contributed by atoms with Gasteiger partial charge in [-0.2, -0.15) is 0 Å². The fourth-order valence-corrected chi connectivity index (χ4v) is 9.80. The minimum absolute atomic E-state index is 0.00253. The van der Waals surface area contributed by atoms with E-state index in [-0.39, 0.29) is 150 Å². The number of carbonyl (C=O) groups is 9. The van der Waals surface area contributed by atoms with Gasteiger partial charge < -0.3 is 105 Å². The minimum atomic E-state index is -1.38. The molecule has 32 heteroatoms. The molecule has 0 bridgehead atoms. The molecule has 0 spiro atoms. The highest BCUT2D eigenvalue weighted by atomic mass is 16.5. The number of fused-ring (bicyclic) bond motifs is 1. The van der Waals surface area contributed by atoms with Crippen LogP contribution in [-0.4, -0.2) is 153 Å². The fourth-order valence-electron chi connectivity index (χ4n) is 9.80. The summed E-state index contributed by atoms with van der Waals surface area (Å²) in [7, 11) is 5.24. The van der Waals surface area contributed by atoms with Gasteiger partial charge in [0.15, 0.2) is 17.9 Å². The van der Waals surface area contributed by atoms with Crippen LogP contribution in [0.3, 0.4) is 0 Å². The topological polar surface area (TPSA) is 509 Å². The third-order valence-corrected chi connectivity index (χ3v) is 14.4. The van der Waals surface area contributed by atoms with Crippen molar-refractivity contribution in [3.05, 3.63) is 131 Å². The van der Waals surface area contributed by atoms with Gasteiger partial charge in [0, 0.05) is 72.8 Å². The van der Waals surface area contributed by atoms with Crippen LogP contribution in [0.4, 0.5) is 22.7 Å². The van der Waals surface area contributed by atoms with Crippen molar-refractivity contribution in [3.63, 3.8) is 0 Å². The van der Waals surface area contributed by atoms with Crippen LogP contribution in [0.1, 0.15) is 92.4 Å². The van der Waals surface area contributed by atoms with Crippen LogP contribution in [0.25, 0.3) is 10.9 Å². The second-order valence-electron chi connectivity index (χ2n) is 21.3. The molecule has 95 heavy (non-hydrogen) atoms. The molecule has 8 amide bonds. The van der Waals surface area contributed by atoms with Crippen LogP contribution in [0, 0.1) is 16.2 Å². The van der Waals surface area contributed by atoms with Crippen molar-refractivity contribution in [2.75, 3.05) is 69.3 Å². The van der Waals surface area contributed by atoms with Crippen molar-refractivity contribution < 1.29 is 67.2 Å². The number of carboxylic acid groups (broad SMARTS) is 1. The molecule has 0 fully saturated rings. The van der Waals surface area contributed by atoms with Gasteiger partial charge in [-0.1, -0.05) is 18.2 Å². The Morgan fingerprint density at radius 2 is 0.779 bits per heavy atom. The molecule has 0 saturated carbocycles. The number of carbonyl (C=O) groups excluding carboxylic acids is 8. The van der Waals surface area contributed by atoms with Crippen LogP contribution >= 0.6 is 0 Å². The predicted octanol–water partition coefficient (Wildman–Crippen LogP) is 2.59. The Bertz CT molecular complexity index is 3840. The Kier molecular flexibility index (Phi) is 26.4. The maximum absolute atomic E-state index is 14.4. The molecule has 0 aliphatic heterocycles. The highest BCUT2D eigenvalue weighted by Crippen LogP contribution is 2.29. The number of amides is 8. The number of anilines is 4. The number of rotatable bonds is 34. The number of para-hydroxylation sites is 1. The van der Waals surface area contributed by atoms with E-state index in [0.717, 1.165) is 10.9 Å². The lowest BCUT2D eigenvalue weighted by molar-refractivity contribution is -0.139. The van der Waals surface area contributed by atoms with Gasteiger partial charge in [0.2, 0.25) is 23.6 Å². The Labute approximate surface area is 545 Å². The van der Waals surface area contributed by atoms with Gasteiger partial charge in [-0.05, 0) is 123 Å². The third kappa shape index (κ3) is 21.2. The van der Waals surface area contributed by atoms with Gasteiger partial charge in [0.05, 0.1) is 50.7 Å². The molecular weight excluding hydrogens is 1230 g/mol. The van der Waals surface area contributed by atoms with E-state index < -0.39 is 77.4 Å². The molecule has 0 saturated heterocycles. The first-order valence-electron chi connectivity index (χ1n) is 29.6. The quantitative estimate of drug-likeness (QED) is 0.0157. The van der Waals surface area contributed by atoms with Gasteiger partial charge in [-0.3, -0.25) is 54.6 Å². The molecule has 6 rings (SSSR count). The van der Waals surface area contributed by atoms with Crippen LogP contribution in [0.2, 0.25) is 0 Å². The SMILES string of the molecule is COc1ccc(NC(=O)C(CCCNC(=N)N)NC(=O)c2cc(NC(=O)C(CCCNC(=N)N)NC(=O)c3cc(NC(=O)C(CCCNC(=N)N)NC(=O)c4cc(NC(C)=O)ccc4OC)ccc3OC)ccc2OC)cc1C(=O)NC(Cc1c[nH]c2ccccc12)C(=O)O. The minimum Gasteiger partial charge on any atom is -0.496 e. The zero-order valence-corrected chi connectivity index (χ0v) is 52.7. The van der Waals surface area contributed by atoms with E-state index in [1.807, 2.05) is 18.2 Å². The first-order chi connectivity index (χ1) is 45.4. The summed E-state index contributed by atoms with van der Waals surface area (Å²) in [5, 5.41) is 63.1. The summed E-state index contributed by atoms with van der Waals surface area (Å²) in [5.74, 6) is -7.98. The second-order valence-corrected chi connectivity index (χ2v) is 21.3. The molecule has 6 aromatic rings. The smallest absolute Gasteiger partial charge is 0.326 e. The number of benzene rings is 5. The van der Waals surface area contributed by atoms with Gasteiger partial charge in [0.1, 0.15) is 47.2 Å². The standard InChI is InChI=1S/C63H78N18O14/c1-33(82)74-35-16-20-49(92-2)40(28-35)53(83)78-45(13-8-24-70-61(64)65)57(87)75-36-17-21-50(93-3)41(29-36)54(84)79-46(14-9-25-71-62(66)67)58(88)76-37-18-22-51(94-4)42(30-37)55(85)80-47(15-10-26-72-63(68)69)59(89)77-38-19-23-52(95-5)43(31-38)56(86)81-48(60(90)91)27-34-32-73-44-12-7-6-11-39(34)44/h6-7,11-12,16-23,28-32,45-48,73H,8-10,13-15,24-27H2,1-5H3,(H,74,82)(H,75,87)(H,76,88)(H,77,89)(H,78,83)(H,79,84)(H,80,85)(H,81,86)(H,90,91)(H4,64,65,70)(H4,66,67,71)(H4,68,69,72). The number of guanidine groups is 3. The molecule has 4 unspecified atom stereocenters. The fraction of sp³-hybridized carbons (Fsp3) is 0.302. The van der Waals surface area contributed by atoms with Gasteiger partial charge in [0.25, 0.3) is 23.6 Å². The largest absolute Gasteiger partial charge is 0.496 e. The lowest BCUT2D eigenvalue weighted by Gasteiger charge is -2.22. The number of nitrogens with one attached hydrogen (secondary N) is 15. The third-order valence-electron chi connectivity index (χ3n) is 14.4. The average Bonchev–Trinajstić information content (AvgIpc) is 1.87. The van der Waals surface area contributed by atoms with Crippen LogP contribution in [0.5, 0.6) is 23.0 Å². The number of hydrogen-bond acceptors (Lipinski definition) is 16. The molecule has 0 aliphatic carbocycles. The molecule has 1 aromatic heterocycles. The molecule has 32 nitrogen and oxygen atoms in total. The van der Waals surface area contributed by atoms with Crippen LogP contribution < -0.4 is 94.6 Å². The van der Waals surface area contributed by atoms with E-state index in [1.165, 1.54) is 108 Å². The molecule has 5 aromatic carbocycles. The van der Waals surface area contributed by atoms with Gasteiger partial charge in [-0.25, -0.2) is 4.79 Å². The Morgan fingerprint density at radius 3 is 1.08 bits per heavy atom. The highest BCUT2D eigenvalue weighted by molar-refractivity contribution is 6.08. The number of nitrogens with two attached hydrogens (primary N) is 3. The number of methoxy groups -OCH3 is 4. The average molecular weight is 1310 g/mol. The number of aromatic amines is 1. The van der Waals surface area contributed by atoms with Gasteiger partial charge >= 0.3 is 5.97 Å². The van der Waals surface area contributed by atoms with Crippen LogP contribution in [0.15, 0.2) is 103 Å². The summed E-state index contributed by atoms with van der Waals surface area (Å²) in [6.45, 7) is 1.69. The molecule has 0 radical (unpaired) electrons. The summed E-state index contributed by atoms with van der Waals surface area (Å²) in [6, 6.07) is 18.7. The van der Waals surface area contributed by atoms with Gasteiger partial charge in [-0.15, -0.1) is 0 Å². The summed E-state index contributed by atoms with van der Waals surface area (Å²) in [5.41, 5.74) is 17.9. The predicted molar refractivity (Wildman–Crippen MR) is 354 cm³/mol. The first kappa shape index (κ1) is 71.9. The zero-order chi connectivity index (χ0) is 69.3. The molecular formula is C63H78N18O14. The summed E-state index contributed by atoms with van der Waals surface area (Å²) < 4.78 is 21.9. The second kappa shape index (κ2) is 34.9. The monoisotopic (exact) mass is 1310 g/mol. The molecule has 504 valence electrons.